The molecule has 0 radical (unpaired) electrons. The van der Waals surface area contributed by atoms with Gasteiger partial charge in [-0.25, -0.2) is 13.2 Å². The summed E-state index contributed by atoms with van der Waals surface area (Å²) in [5.41, 5.74) is -0.539. The van der Waals surface area contributed by atoms with Crippen LogP contribution in [0.4, 0.5) is 4.79 Å². The monoisotopic (exact) mass is 297 g/mol. The molecule has 1 saturated carbocycles. The van der Waals surface area contributed by atoms with Crippen molar-refractivity contribution in [2.75, 3.05) is 12.3 Å². The lowest BCUT2D eigenvalue weighted by Gasteiger charge is -2.27. The van der Waals surface area contributed by atoms with Crippen molar-refractivity contribution < 1.29 is 17.9 Å². The van der Waals surface area contributed by atoms with E-state index < -0.39 is 14.7 Å². The number of hydrogen-bond acceptors (Lipinski definition) is 4. The highest BCUT2D eigenvalue weighted by Crippen LogP contribution is 2.28. The largest absolute Gasteiger partial charge is 0.444 e. The van der Waals surface area contributed by atoms with Crippen LogP contribution in [0.15, 0.2) is 0 Å². The van der Waals surface area contributed by atoms with Crippen LogP contribution in [-0.2, 0) is 13.8 Å². The van der Waals surface area contributed by atoms with E-state index in [1.165, 1.54) is 0 Å². The summed E-state index contributed by atoms with van der Waals surface area (Å²) >= 11 is 0. The fourth-order valence-corrected chi connectivity index (χ4v) is 2.34. The lowest BCUT2D eigenvalue weighted by atomic mass is 10.2. The quantitative estimate of drug-likeness (QED) is 0.731. The Morgan fingerprint density at radius 3 is 2.33 bits per heavy atom. The molecule has 0 aliphatic heterocycles. The van der Waals surface area contributed by atoms with Gasteiger partial charge in [-0.05, 0) is 40.0 Å². The smallest absolute Gasteiger partial charge is 0.410 e. The summed E-state index contributed by atoms with van der Waals surface area (Å²) < 4.78 is 26.9. The standard InChI is InChI=1S/C11H20ClNO4S/c1-11(2,3)17-10(14)13(9-5-6-9)7-4-8-18(12,15)16/h9H,4-8H2,1-3H3. The molecule has 1 rings (SSSR count). The minimum absolute atomic E-state index is 0.124. The van der Waals surface area contributed by atoms with Crippen molar-refractivity contribution in [3.8, 4) is 0 Å². The maximum atomic E-state index is 11.9. The molecule has 5 nitrogen and oxygen atoms in total. The van der Waals surface area contributed by atoms with E-state index in [1.807, 2.05) is 0 Å². The predicted molar refractivity (Wildman–Crippen MR) is 70.2 cm³/mol. The summed E-state index contributed by atoms with van der Waals surface area (Å²) in [6.45, 7) is 5.78. The van der Waals surface area contributed by atoms with Gasteiger partial charge in [0.2, 0.25) is 9.05 Å². The first-order chi connectivity index (χ1) is 8.08. The minimum atomic E-state index is -3.49. The first-order valence-electron chi connectivity index (χ1n) is 6.00. The molecular weight excluding hydrogens is 278 g/mol. The second-order valence-corrected chi connectivity index (χ2v) is 8.40. The second-order valence-electron chi connectivity index (χ2n) is 5.50. The normalized spacial score (nSPS) is 16.4. The van der Waals surface area contributed by atoms with E-state index in [1.54, 1.807) is 25.7 Å². The number of rotatable bonds is 5. The molecule has 0 N–H and O–H groups in total. The first kappa shape index (κ1) is 15.6. The molecule has 0 saturated heterocycles. The van der Waals surface area contributed by atoms with Gasteiger partial charge in [-0.2, -0.15) is 0 Å². The van der Waals surface area contributed by atoms with E-state index in [0.717, 1.165) is 12.8 Å². The SMILES string of the molecule is CC(C)(C)OC(=O)N(CCCS(=O)(=O)Cl)C1CC1. The number of ether oxygens (including phenoxy) is 1. The fourth-order valence-electron chi connectivity index (χ4n) is 1.54. The molecule has 0 atom stereocenters. The fraction of sp³-hybridized carbons (Fsp3) is 0.909. The van der Waals surface area contributed by atoms with E-state index in [2.05, 4.69) is 0 Å². The number of halogens is 1. The maximum Gasteiger partial charge on any atom is 0.410 e. The number of hydrogen-bond donors (Lipinski definition) is 0. The lowest BCUT2D eigenvalue weighted by Crippen LogP contribution is -2.39. The Morgan fingerprint density at radius 2 is 1.94 bits per heavy atom. The first-order valence-corrected chi connectivity index (χ1v) is 8.48. The number of nitrogens with zero attached hydrogens (tertiary/aromatic N) is 1. The molecule has 106 valence electrons. The molecule has 0 heterocycles. The van der Waals surface area contributed by atoms with Gasteiger partial charge in [-0.1, -0.05) is 0 Å². The Bertz CT molecular complexity index is 398. The third-order valence-corrected chi connectivity index (χ3v) is 3.64. The van der Waals surface area contributed by atoms with Gasteiger partial charge in [0.1, 0.15) is 5.60 Å². The minimum Gasteiger partial charge on any atom is -0.444 e. The second kappa shape index (κ2) is 5.65. The zero-order chi connectivity index (χ0) is 14.0. The molecule has 1 amide bonds. The van der Waals surface area contributed by atoms with Crippen molar-refractivity contribution in [3.63, 3.8) is 0 Å². The van der Waals surface area contributed by atoms with Gasteiger partial charge in [0.15, 0.2) is 0 Å². The van der Waals surface area contributed by atoms with E-state index in [4.69, 9.17) is 15.4 Å². The van der Waals surface area contributed by atoms with Gasteiger partial charge in [-0.3, -0.25) is 0 Å². The van der Waals surface area contributed by atoms with Gasteiger partial charge < -0.3 is 9.64 Å². The molecule has 0 spiro atoms. The summed E-state index contributed by atoms with van der Waals surface area (Å²) in [6.07, 6.45) is 1.86. The highest BCUT2D eigenvalue weighted by Gasteiger charge is 2.34. The molecule has 1 aliphatic rings. The average Bonchev–Trinajstić information content (AvgIpc) is 2.90. The Balaban J connectivity index is 2.48. The van der Waals surface area contributed by atoms with Crippen LogP contribution in [0.5, 0.6) is 0 Å². The summed E-state index contributed by atoms with van der Waals surface area (Å²) in [5.74, 6) is -0.124. The molecule has 0 aromatic rings. The van der Waals surface area contributed by atoms with Crippen LogP contribution in [0, 0.1) is 0 Å². The van der Waals surface area contributed by atoms with Crippen LogP contribution in [-0.4, -0.2) is 43.4 Å². The van der Waals surface area contributed by atoms with Gasteiger partial charge in [0.25, 0.3) is 0 Å². The van der Waals surface area contributed by atoms with Gasteiger partial charge in [0, 0.05) is 23.3 Å². The highest BCUT2D eigenvalue weighted by atomic mass is 35.7. The average molecular weight is 298 g/mol. The molecule has 1 fully saturated rings. The Morgan fingerprint density at radius 1 is 1.39 bits per heavy atom. The summed E-state index contributed by atoms with van der Waals surface area (Å²) in [4.78, 5) is 13.5. The topological polar surface area (TPSA) is 63.7 Å². The van der Waals surface area contributed by atoms with Gasteiger partial charge in [0.05, 0.1) is 5.75 Å². The molecule has 18 heavy (non-hydrogen) atoms. The number of carbonyl (C=O) groups excluding carboxylic acids is 1. The zero-order valence-corrected chi connectivity index (χ0v) is 12.6. The van der Waals surface area contributed by atoms with Crippen LogP contribution in [0.2, 0.25) is 0 Å². The number of carbonyl (C=O) groups is 1. The van der Waals surface area contributed by atoms with Crippen molar-refractivity contribution >= 4 is 25.8 Å². The van der Waals surface area contributed by atoms with Crippen molar-refractivity contribution in [1.82, 2.24) is 4.90 Å². The van der Waals surface area contributed by atoms with Crippen molar-refractivity contribution in [1.29, 1.82) is 0 Å². The van der Waals surface area contributed by atoms with E-state index >= 15 is 0 Å². The molecule has 0 unspecified atom stereocenters. The molecule has 0 aromatic heterocycles. The van der Waals surface area contributed by atoms with Crippen LogP contribution >= 0.6 is 10.7 Å². The van der Waals surface area contributed by atoms with E-state index in [9.17, 15) is 13.2 Å². The van der Waals surface area contributed by atoms with E-state index in [-0.39, 0.29) is 17.9 Å². The zero-order valence-electron chi connectivity index (χ0n) is 11.0. The molecule has 7 heteroatoms. The van der Waals surface area contributed by atoms with Crippen molar-refractivity contribution in [2.24, 2.45) is 0 Å². The van der Waals surface area contributed by atoms with Crippen molar-refractivity contribution in [2.45, 2.75) is 51.7 Å². The molecule has 0 aromatic carbocycles. The van der Waals surface area contributed by atoms with Gasteiger partial charge >= 0.3 is 6.09 Å². The Hall–Kier alpha value is -0.490. The van der Waals surface area contributed by atoms with Crippen LogP contribution in [0.3, 0.4) is 0 Å². The maximum absolute atomic E-state index is 11.9. The number of amides is 1. The summed E-state index contributed by atoms with van der Waals surface area (Å²) in [7, 11) is 1.64. The highest BCUT2D eigenvalue weighted by molar-refractivity contribution is 8.13. The Labute approximate surface area is 113 Å². The predicted octanol–water partition coefficient (Wildman–Crippen LogP) is 2.34. The molecular formula is C11H20ClNO4S. The Kier molecular flexibility index (Phi) is 4.89. The third kappa shape index (κ3) is 6.44. The molecule has 0 bridgehead atoms. The lowest BCUT2D eigenvalue weighted by molar-refractivity contribution is 0.0234. The summed E-state index contributed by atoms with van der Waals surface area (Å²) in [6, 6.07) is 0.192. The third-order valence-electron chi connectivity index (χ3n) is 2.40. The van der Waals surface area contributed by atoms with Gasteiger partial charge in [-0.15, -0.1) is 0 Å². The van der Waals surface area contributed by atoms with Crippen LogP contribution in [0.25, 0.3) is 0 Å². The molecule has 1 aliphatic carbocycles. The van der Waals surface area contributed by atoms with Crippen molar-refractivity contribution in [3.05, 3.63) is 0 Å². The van der Waals surface area contributed by atoms with E-state index in [0.29, 0.717) is 13.0 Å². The van der Waals surface area contributed by atoms with Crippen LogP contribution < -0.4 is 0 Å². The van der Waals surface area contributed by atoms with Crippen LogP contribution in [0.1, 0.15) is 40.0 Å². The summed E-state index contributed by atoms with van der Waals surface area (Å²) in [5, 5.41) is 0.